The minimum atomic E-state index is -1.72. The topological polar surface area (TPSA) is 46.5 Å². The number of rotatable bonds is 9. The number of hydrogen-bond donors (Lipinski definition) is 1. The molecule has 4 nitrogen and oxygen atoms in total. The molecular weight excluding hydrogens is 462 g/mol. The quantitative estimate of drug-likeness (QED) is 0.316. The average Bonchev–Trinajstić information content (AvgIpc) is 3.65. The molecule has 2 bridgehead atoms. The van der Waals surface area contributed by atoms with Crippen molar-refractivity contribution in [1.82, 2.24) is 0 Å². The zero-order valence-corrected chi connectivity index (χ0v) is 21.6. The lowest BCUT2D eigenvalue weighted by Crippen LogP contribution is -2.52. The van der Waals surface area contributed by atoms with Crippen LogP contribution in [-0.2, 0) is 21.6 Å². The number of carbonyl (C=O) groups excluding carboxylic acids is 1. The molecule has 2 fully saturated rings. The largest absolute Gasteiger partial charge is 0.459 e. The highest BCUT2D eigenvalue weighted by Gasteiger charge is 2.57. The van der Waals surface area contributed by atoms with Crippen molar-refractivity contribution in [1.29, 1.82) is 0 Å². The number of quaternary nitrogens is 1. The highest BCUT2D eigenvalue weighted by atomic mass is 32.1. The maximum atomic E-state index is 13.6. The summed E-state index contributed by atoms with van der Waals surface area (Å²) in [6, 6.07) is 18.6. The van der Waals surface area contributed by atoms with Crippen molar-refractivity contribution < 1.29 is 19.1 Å². The number of carbonyl (C=O) groups is 1. The zero-order valence-electron chi connectivity index (χ0n) is 19.9. The lowest BCUT2D eigenvalue weighted by Gasteiger charge is -2.40. The van der Waals surface area contributed by atoms with E-state index in [4.69, 9.17) is 4.74 Å². The van der Waals surface area contributed by atoms with Gasteiger partial charge in [0.05, 0.1) is 36.4 Å². The van der Waals surface area contributed by atoms with Crippen LogP contribution in [0.15, 0.2) is 65.4 Å². The Balaban J connectivity index is 1.28. The van der Waals surface area contributed by atoms with Gasteiger partial charge in [0, 0.05) is 24.7 Å². The third kappa shape index (κ3) is 4.37. The molecule has 0 saturated heterocycles. The van der Waals surface area contributed by atoms with Crippen LogP contribution >= 0.6 is 22.7 Å². The predicted octanol–water partition coefficient (Wildman–Crippen LogP) is 5.47. The summed E-state index contributed by atoms with van der Waals surface area (Å²) in [5, 5.41) is 15.4. The molecule has 0 radical (unpaired) electrons. The van der Waals surface area contributed by atoms with Crippen molar-refractivity contribution in [3.8, 4) is 0 Å². The Morgan fingerprint density at radius 3 is 2.32 bits per heavy atom. The molecule has 5 rings (SSSR count). The Bertz CT molecular complexity index is 1040. The second kappa shape index (κ2) is 9.57. The number of aryl methyl sites for hydroxylation is 1. The van der Waals surface area contributed by atoms with E-state index >= 15 is 0 Å². The van der Waals surface area contributed by atoms with E-state index in [1.807, 2.05) is 35.0 Å². The normalized spacial score (nSPS) is 24.4. The summed E-state index contributed by atoms with van der Waals surface area (Å²) in [7, 11) is 4.67. The Hall–Kier alpha value is -1.99. The lowest BCUT2D eigenvalue weighted by molar-refractivity contribution is -0.918. The molecule has 1 N–H and O–H groups in total. The average molecular weight is 497 g/mol. The number of nitrogens with zero attached hydrogens (tertiary/aromatic N) is 1. The van der Waals surface area contributed by atoms with Gasteiger partial charge in [0.15, 0.2) is 0 Å². The second-order valence-corrected chi connectivity index (χ2v) is 12.3. The number of benzene rings is 1. The molecule has 1 aromatic carbocycles. The van der Waals surface area contributed by atoms with Crippen LogP contribution in [0.1, 0.15) is 41.0 Å². The maximum absolute atomic E-state index is 13.6. The van der Waals surface area contributed by atoms with Gasteiger partial charge in [-0.25, -0.2) is 4.79 Å². The second-order valence-electron chi connectivity index (χ2n) is 10.4. The Kier molecular flexibility index (Phi) is 6.68. The van der Waals surface area contributed by atoms with Gasteiger partial charge in [-0.2, -0.15) is 0 Å². The van der Waals surface area contributed by atoms with Gasteiger partial charge in [-0.15, -0.1) is 22.7 Å². The molecule has 0 amide bonds. The first kappa shape index (κ1) is 23.7. The van der Waals surface area contributed by atoms with Gasteiger partial charge in [0.1, 0.15) is 6.10 Å². The number of ether oxygens (including phenoxy) is 1. The summed E-state index contributed by atoms with van der Waals surface area (Å²) in [6.45, 7) is 1.11. The first-order valence-corrected chi connectivity index (χ1v) is 14.0. The Morgan fingerprint density at radius 2 is 1.71 bits per heavy atom. The van der Waals surface area contributed by atoms with E-state index in [-0.39, 0.29) is 6.10 Å². The van der Waals surface area contributed by atoms with Crippen LogP contribution in [0.3, 0.4) is 0 Å². The van der Waals surface area contributed by atoms with Gasteiger partial charge in [-0.3, -0.25) is 0 Å². The van der Waals surface area contributed by atoms with Crippen molar-refractivity contribution in [2.45, 2.75) is 49.9 Å². The third-order valence-corrected chi connectivity index (χ3v) is 9.99. The number of fused-ring (bicyclic) bond motifs is 2. The SMILES string of the molecule is C[N+](C)(CCCc1ccccc1)[C@@H]1CC2CC[C@H]1C2OC(=O)C(O)(c1cccs1)c1cccs1. The molecule has 2 unspecified atom stereocenters. The van der Waals surface area contributed by atoms with E-state index in [0.29, 0.717) is 27.6 Å². The molecule has 2 aliphatic rings. The summed E-state index contributed by atoms with van der Waals surface area (Å²) < 4.78 is 7.19. The Labute approximate surface area is 210 Å². The smallest absolute Gasteiger partial charge is 0.349 e. The lowest BCUT2D eigenvalue weighted by atomic mass is 9.92. The van der Waals surface area contributed by atoms with Gasteiger partial charge in [0.2, 0.25) is 5.60 Å². The number of hydrogen-bond acceptors (Lipinski definition) is 5. The first-order valence-electron chi connectivity index (χ1n) is 12.3. The van der Waals surface area contributed by atoms with Gasteiger partial charge >= 0.3 is 5.97 Å². The third-order valence-electron chi connectivity index (χ3n) is 8.03. The fourth-order valence-electron chi connectivity index (χ4n) is 6.22. The van der Waals surface area contributed by atoms with Gasteiger partial charge in [-0.05, 0) is 47.7 Å². The highest BCUT2D eigenvalue weighted by Crippen LogP contribution is 2.50. The van der Waals surface area contributed by atoms with Crippen molar-refractivity contribution in [2.24, 2.45) is 11.8 Å². The molecule has 2 heterocycles. The van der Waals surface area contributed by atoms with Gasteiger partial charge < -0.3 is 14.3 Å². The summed E-state index contributed by atoms with van der Waals surface area (Å²) in [5.74, 6) is 0.229. The van der Waals surface area contributed by atoms with E-state index in [2.05, 4.69) is 44.4 Å². The number of esters is 1. The van der Waals surface area contributed by atoms with Crippen LogP contribution in [0, 0.1) is 11.8 Å². The molecule has 2 aliphatic carbocycles. The van der Waals surface area contributed by atoms with Crippen LogP contribution < -0.4 is 0 Å². The standard InChI is InChI=1S/C28H34NO3S2/c1-29(2,16-6-11-20-9-4-3-5-10-20)23-19-21-14-15-22(23)26(21)32-27(30)28(31,24-12-7-17-33-24)25-13-8-18-34-25/h3-5,7-10,12-13,17-18,21-23,26,31H,6,11,14-16,19H2,1-2H3/q+1/t21?,22-,23-,26?/m1/s1. The van der Waals surface area contributed by atoms with Crippen LogP contribution in [0.4, 0.5) is 0 Å². The van der Waals surface area contributed by atoms with E-state index < -0.39 is 11.6 Å². The molecule has 3 aromatic rings. The molecule has 2 saturated carbocycles. The molecule has 0 spiro atoms. The maximum Gasteiger partial charge on any atom is 0.349 e. The van der Waals surface area contributed by atoms with Crippen molar-refractivity contribution in [2.75, 3.05) is 20.6 Å². The Morgan fingerprint density at radius 1 is 1.03 bits per heavy atom. The number of aliphatic hydroxyl groups is 1. The van der Waals surface area contributed by atoms with Crippen LogP contribution in [0.25, 0.3) is 0 Å². The van der Waals surface area contributed by atoms with Crippen LogP contribution in [0.2, 0.25) is 0 Å². The first-order chi connectivity index (χ1) is 16.4. The summed E-state index contributed by atoms with van der Waals surface area (Å²) in [5.41, 5.74) is -0.330. The summed E-state index contributed by atoms with van der Waals surface area (Å²) >= 11 is 2.79. The van der Waals surface area contributed by atoms with E-state index in [1.54, 1.807) is 0 Å². The molecular formula is C28H34NO3S2+. The number of thiophene rings is 2. The van der Waals surface area contributed by atoms with Gasteiger partial charge in [0.25, 0.3) is 0 Å². The van der Waals surface area contributed by atoms with Crippen molar-refractivity contribution in [3.63, 3.8) is 0 Å². The molecule has 2 aromatic heterocycles. The monoisotopic (exact) mass is 496 g/mol. The summed E-state index contributed by atoms with van der Waals surface area (Å²) in [4.78, 5) is 14.8. The zero-order chi connectivity index (χ0) is 23.8. The van der Waals surface area contributed by atoms with Crippen molar-refractivity contribution in [3.05, 3.63) is 80.7 Å². The van der Waals surface area contributed by atoms with Gasteiger partial charge in [-0.1, -0.05) is 42.5 Å². The molecule has 0 aliphatic heterocycles. The summed E-state index contributed by atoms with van der Waals surface area (Å²) in [6.07, 6.45) is 5.44. The van der Waals surface area contributed by atoms with E-state index in [1.165, 1.54) is 28.2 Å². The highest BCUT2D eigenvalue weighted by molar-refractivity contribution is 7.12. The molecule has 34 heavy (non-hydrogen) atoms. The molecule has 4 atom stereocenters. The predicted molar refractivity (Wildman–Crippen MR) is 138 cm³/mol. The van der Waals surface area contributed by atoms with Crippen LogP contribution in [0.5, 0.6) is 0 Å². The van der Waals surface area contributed by atoms with Crippen LogP contribution in [-0.4, -0.2) is 48.3 Å². The molecule has 180 valence electrons. The fourth-order valence-corrected chi connectivity index (χ4v) is 7.94. The fraction of sp³-hybridized carbons (Fsp3) is 0.464. The minimum absolute atomic E-state index is 0.101. The minimum Gasteiger partial charge on any atom is -0.459 e. The van der Waals surface area contributed by atoms with E-state index in [9.17, 15) is 9.90 Å². The molecule has 6 heteroatoms. The van der Waals surface area contributed by atoms with Crippen molar-refractivity contribution >= 4 is 28.6 Å². The van der Waals surface area contributed by atoms with E-state index in [0.717, 1.165) is 43.1 Å².